The van der Waals surface area contributed by atoms with Gasteiger partial charge in [-0.3, -0.25) is 4.98 Å². The van der Waals surface area contributed by atoms with E-state index in [9.17, 15) is 0 Å². The molecule has 1 aromatic carbocycles. The SMILES string of the molecule is Clc1ccc(C=Cc2nn3c(-c4cnccn4)nnc3s2)cc1. The third kappa shape index (κ3) is 2.84. The second-order valence-corrected chi connectivity index (χ2v) is 6.06. The van der Waals surface area contributed by atoms with Gasteiger partial charge in [-0.25, -0.2) is 4.98 Å². The van der Waals surface area contributed by atoms with Crippen molar-refractivity contribution in [2.75, 3.05) is 0 Å². The largest absolute Gasteiger partial charge is 0.261 e. The van der Waals surface area contributed by atoms with Crippen molar-refractivity contribution in [3.8, 4) is 11.5 Å². The number of rotatable bonds is 3. The molecule has 0 atom stereocenters. The van der Waals surface area contributed by atoms with Gasteiger partial charge < -0.3 is 0 Å². The van der Waals surface area contributed by atoms with Gasteiger partial charge in [0.2, 0.25) is 10.8 Å². The fraction of sp³-hybridized carbons (Fsp3) is 0. The van der Waals surface area contributed by atoms with Crippen molar-refractivity contribution >= 4 is 40.1 Å². The van der Waals surface area contributed by atoms with E-state index in [0.717, 1.165) is 15.6 Å². The van der Waals surface area contributed by atoms with E-state index >= 15 is 0 Å². The summed E-state index contributed by atoms with van der Waals surface area (Å²) in [7, 11) is 0. The summed E-state index contributed by atoms with van der Waals surface area (Å²) < 4.78 is 1.68. The molecule has 0 amide bonds. The number of nitrogens with zero attached hydrogens (tertiary/aromatic N) is 6. The summed E-state index contributed by atoms with van der Waals surface area (Å²) in [4.78, 5) is 8.98. The zero-order valence-corrected chi connectivity index (χ0v) is 13.2. The van der Waals surface area contributed by atoms with E-state index in [2.05, 4.69) is 25.3 Å². The van der Waals surface area contributed by atoms with Gasteiger partial charge in [0.1, 0.15) is 10.7 Å². The molecule has 0 unspecified atom stereocenters. The first-order chi connectivity index (χ1) is 11.3. The van der Waals surface area contributed by atoms with E-state index in [1.165, 1.54) is 11.3 Å². The average molecular weight is 341 g/mol. The lowest BCUT2D eigenvalue weighted by atomic mass is 10.2. The van der Waals surface area contributed by atoms with Crippen LogP contribution in [0.5, 0.6) is 0 Å². The third-order valence-electron chi connectivity index (χ3n) is 3.09. The van der Waals surface area contributed by atoms with Crippen molar-refractivity contribution in [2.45, 2.75) is 0 Å². The summed E-state index contributed by atoms with van der Waals surface area (Å²) in [6, 6.07) is 7.60. The second-order valence-electron chi connectivity index (χ2n) is 4.63. The van der Waals surface area contributed by atoms with Crippen LogP contribution in [0, 0.1) is 0 Å². The first-order valence-electron chi connectivity index (χ1n) is 6.72. The Labute approximate surface area is 140 Å². The van der Waals surface area contributed by atoms with E-state index in [4.69, 9.17) is 11.6 Å². The van der Waals surface area contributed by atoms with E-state index in [-0.39, 0.29) is 0 Å². The van der Waals surface area contributed by atoms with Crippen molar-refractivity contribution in [1.82, 2.24) is 29.8 Å². The molecule has 3 heterocycles. The molecule has 4 rings (SSSR count). The molecule has 0 aliphatic carbocycles. The summed E-state index contributed by atoms with van der Waals surface area (Å²) >= 11 is 7.33. The van der Waals surface area contributed by atoms with E-state index in [1.54, 1.807) is 23.1 Å². The van der Waals surface area contributed by atoms with E-state index in [0.29, 0.717) is 16.5 Å². The van der Waals surface area contributed by atoms with Gasteiger partial charge in [-0.05, 0) is 23.8 Å². The minimum absolute atomic E-state index is 0.579. The number of benzene rings is 1. The third-order valence-corrected chi connectivity index (χ3v) is 4.20. The van der Waals surface area contributed by atoms with Crippen LogP contribution < -0.4 is 0 Å². The summed E-state index contributed by atoms with van der Waals surface area (Å²) in [6.07, 6.45) is 8.78. The van der Waals surface area contributed by atoms with Crippen LogP contribution in [0.4, 0.5) is 0 Å². The Morgan fingerprint density at radius 3 is 2.70 bits per heavy atom. The molecule has 0 radical (unpaired) electrons. The highest BCUT2D eigenvalue weighted by atomic mass is 35.5. The fourth-order valence-corrected chi connectivity index (χ4v) is 2.88. The zero-order chi connectivity index (χ0) is 15.6. The highest BCUT2D eigenvalue weighted by molar-refractivity contribution is 7.17. The minimum atomic E-state index is 0.579. The molecule has 0 bridgehead atoms. The minimum Gasteiger partial charge on any atom is -0.261 e. The molecule has 4 aromatic rings. The molecule has 0 fully saturated rings. The second kappa shape index (κ2) is 5.86. The van der Waals surface area contributed by atoms with Crippen molar-refractivity contribution in [2.24, 2.45) is 0 Å². The molecule has 6 nitrogen and oxygen atoms in total. The Morgan fingerprint density at radius 1 is 1.04 bits per heavy atom. The number of hydrogen-bond acceptors (Lipinski definition) is 6. The molecule has 0 saturated heterocycles. The normalized spacial score (nSPS) is 11.5. The number of halogens is 1. The molecule has 3 aromatic heterocycles. The van der Waals surface area contributed by atoms with Crippen LogP contribution in [0.25, 0.3) is 28.6 Å². The van der Waals surface area contributed by atoms with E-state index in [1.807, 2.05) is 36.4 Å². The molecule has 0 N–H and O–H groups in total. The van der Waals surface area contributed by atoms with Gasteiger partial charge >= 0.3 is 0 Å². The molecule has 0 saturated carbocycles. The van der Waals surface area contributed by atoms with Gasteiger partial charge in [0.25, 0.3) is 0 Å². The molecule has 0 spiro atoms. The van der Waals surface area contributed by atoms with Crippen molar-refractivity contribution < 1.29 is 0 Å². The maximum atomic E-state index is 5.88. The monoisotopic (exact) mass is 340 g/mol. The molecule has 8 heteroatoms. The van der Waals surface area contributed by atoms with Crippen molar-refractivity contribution in [3.05, 3.63) is 58.4 Å². The fourth-order valence-electron chi connectivity index (χ4n) is 2.01. The van der Waals surface area contributed by atoms with Crippen LogP contribution in [-0.2, 0) is 0 Å². The van der Waals surface area contributed by atoms with Crippen LogP contribution in [-0.4, -0.2) is 29.8 Å². The van der Waals surface area contributed by atoms with Crippen LogP contribution in [0.15, 0.2) is 42.9 Å². The Hall–Kier alpha value is -2.64. The van der Waals surface area contributed by atoms with Gasteiger partial charge in [0, 0.05) is 17.4 Å². The Bertz CT molecular complexity index is 974. The molecular formula is C15H9ClN6S. The molecule has 0 aliphatic rings. The standard InChI is InChI=1S/C15H9ClN6S/c16-11-4-1-10(2-5-11)3-6-13-21-22-14(19-20-15(22)23-13)12-9-17-7-8-18-12/h1-9H. The number of fused-ring (bicyclic) bond motifs is 1. The lowest BCUT2D eigenvalue weighted by molar-refractivity contribution is 0.948. The lowest BCUT2D eigenvalue weighted by Crippen LogP contribution is -1.93. The Kier molecular flexibility index (Phi) is 3.57. The molecule has 112 valence electrons. The summed E-state index contributed by atoms with van der Waals surface area (Å²) in [5.41, 5.74) is 1.69. The predicted octanol–water partition coefficient (Wildman–Crippen LogP) is 3.47. The lowest BCUT2D eigenvalue weighted by Gasteiger charge is -1.93. The van der Waals surface area contributed by atoms with Crippen LogP contribution >= 0.6 is 22.9 Å². The zero-order valence-electron chi connectivity index (χ0n) is 11.7. The topological polar surface area (TPSA) is 68.9 Å². The summed E-state index contributed by atoms with van der Waals surface area (Å²) in [5, 5.41) is 14.3. The van der Waals surface area contributed by atoms with Crippen molar-refractivity contribution in [1.29, 1.82) is 0 Å². The summed E-state index contributed by atoms with van der Waals surface area (Å²) in [5.74, 6) is 0.579. The molecular weight excluding hydrogens is 332 g/mol. The van der Waals surface area contributed by atoms with E-state index < -0.39 is 0 Å². The maximum absolute atomic E-state index is 5.88. The number of aromatic nitrogens is 6. The Morgan fingerprint density at radius 2 is 1.91 bits per heavy atom. The highest BCUT2D eigenvalue weighted by Gasteiger charge is 2.13. The Balaban J connectivity index is 1.67. The number of hydrogen-bond donors (Lipinski definition) is 0. The first kappa shape index (κ1) is 14.0. The van der Waals surface area contributed by atoms with Gasteiger partial charge in [0.05, 0.1) is 6.20 Å². The van der Waals surface area contributed by atoms with Gasteiger partial charge in [0.15, 0.2) is 0 Å². The van der Waals surface area contributed by atoms with Gasteiger partial charge in [-0.15, -0.1) is 10.2 Å². The molecule has 23 heavy (non-hydrogen) atoms. The maximum Gasteiger partial charge on any atom is 0.235 e. The first-order valence-corrected chi connectivity index (χ1v) is 7.91. The smallest absolute Gasteiger partial charge is 0.235 e. The average Bonchev–Trinajstić information content (AvgIpc) is 3.15. The summed E-state index contributed by atoms with van der Waals surface area (Å²) in [6.45, 7) is 0. The van der Waals surface area contributed by atoms with Crippen LogP contribution in [0.1, 0.15) is 10.6 Å². The van der Waals surface area contributed by atoms with Crippen LogP contribution in [0.3, 0.4) is 0 Å². The van der Waals surface area contributed by atoms with Gasteiger partial charge in [-0.1, -0.05) is 41.1 Å². The molecule has 0 aliphatic heterocycles. The van der Waals surface area contributed by atoms with Crippen molar-refractivity contribution in [3.63, 3.8) is 0 Å². The quantitative estimate of drug-likeness (QED) is 0.571. The highest BCUT2D eigenvalue weighted by Crippen LogP contribution is 2.21. The van der Waals surface area contributed by atoms with Crippen LogP contribution in [0.2, 0.25) is 5.02 Å². The van der Waals surface area contributed by atoms with Gasteiger partial charge in [-0.2, -0.15) is 9.61 Å². The predicted molar refractivity (Wildman–Crippen MR) is 90.1 cm³/mol.